The molecule has 1 heterocycles. The maximum atomic E-state index is 11.9. The topological polar surface area (TPSA) is 32.3 Å². The average molecular weight is 234 g/mol. The van der Waals surface area contributed by atoms with Gasteiger partial charge in [0.05, 0.1) is 19.3 Å². The molecule has 86 valence electrons. The summed E-state index contributed by atoms with van der Waals surface area (Å²) in [5.74, 6) is 0.183. The van der Waals surface area contributed by atoms with Crippen LogP contribution in [-0.2, 0) is 4.79 Å². The highest BCUT2D eigenvalue weighted by Crippen LogP contribution is 2.29. The summed E-state index contributed by atoms with van der Waals surface area (Å²) < 4.78 is 0. The smallest absolute Gasteiger partial charge is 0.240 e. The zero-order valence-corrected chi connectivity index (χ0v) is 11.0. The number of benzene rings is 1. The fourth-order valence-electron chi connectivity index (χ4n) is 1.97. The van der Waals surface area contributed by atoms with Crippen molar-refractivity contribution in [1.29, 1.82) is 0 Å². The molecule has 1 saturated heterocycles. The van der Waals surface area contributed by atoms with E-state index in [9.17, 15) is 4.79 Å². The normalized spacial score (nSPS) is 21.1. The third kappa shape index (κ3) is 2.11. The van der Waals surface area contributed by atoms with E-state index in [0.717, 1.165) is 12.2 Å². The van der Waals surface area contributed by atoms with Crippen LogP contribution < -0.4 is 10.4 Å². The first-order valence-corrected chi connectivity index (χ1v) is 9.19. The second kappa shape index (κ2) is 3.94. The minimum atomic E-state index is -1.42. The Kier molecular flexibility index (Phi) is 2.76. The second-order valence-electron chi connectivity index (χ2n) is 5.34. The van der Waals surface area contributed by atoms with Gasteiger partial charge in [-0.2, -0.15) is 0 Å². The van der Waals surface area contributed by atoms with Crippen molar-refractivity contribution >= 4 is 19.7 Å². The number of rotatable bonds is 2. The van der Waals surface area contributed by atoms with Gasteiger partial charge in [0.15, 0.2) is 0 Å². The number of hydrazine groups is 1. The van der Waals surface area contributed by atoms with Crippen LogP contribution >= 0.6 is 0 Å². The number of para-hydroxylation sites is 1. The van der Waals surface area contributed by atoms with E-state index in [1.54, 1.807) is 0 Å². The number of anilines is 1. The van der Waals surface area contributed by atoms with Crippen LogP contribution in [0.2, 0.25) is 25.2 Å². The molecule has 0 bridgehead atoms. The number of carbonyl (C=O) groups is 1. The minimum absolute atomic E-state index is 0.183. The summed E-state index contributed by atoms with van der Waals surface area (Å²) in [6.45, 7) is 7.53. The molecule has 0 aliphatic carbocycles. The first kappa shape index (κ1) is 11.2. The van der Waals surface area contributed by atoms with Crippen LogP contribution in [0.1, 0.15) is 0 Å². The van der Waals surface area contributed by atoms with E-state index in [0.29, 0.717) is 0 Å². The minimum Gasteiger partial charge on any atom is -0.285 e. The highest BCUT2D eigenvalue weighted by atomic mass is 28.3. The van der Waals surface area contributed by atoms with E-state index in [4.69, 9.17) is 0 Å². The molecule has 0 aromatic heterocycles. The van der Waals surface area contributed by atoms with Crippen molar-refractivity contribution in [3.63, 3.8) is 0 Å². The third-order valence-corrected chi connectivity index (χ3v) is 5.58. The van der Waals surface area contributed by atoms with E-state index in [1.807, 2.05) is 35.3 Å². The number of hydrogen-bond acceptors (Lipinski definition) is 2. The van der Waals surface area contributed by atoms with Gasteiger partial charge in [0.2, 0.25) is 5.91 Å². The first-order chi connectivity index (χ1) is 7.48. The van der Waals surface area contributed by atoms with Crippen molar-refractivity contribution in [3.8, 4) is 0 Å². The molecule has 2 rings (SSSR count). The van der Waals surface area contributed by atoms with E-state index in [-0.39, 0.29) is 11.4 Å². The molecule has 16 heavy (non-hydrogen) atoms. The molecule has 1 aromatic carbocycles. The zero-order chi connectivity index (χ0) is 11.8. The SMILES string of the molecule is C[Si](C)(C)C1CN(c2ccccc2)NC1=O. The average Bonchev–Trinajstić information content (AvgIpc) is 2.61. The lowest BCUT2D eigenvalue weighted by atomic mass is 10.3. The van der Waals surface area contributed by atoms with Gasteiger partial charge in [-0.1, -0.05) is 37.8 Å². The maximum absolute atomic E-state index is 11.9. The Hall–Kier alpha value is -1.29. The Morgan fingerprint density at radius 1 is 1.25 bits per heavy atom. The molecule has 0 spiro atoms. The molecule has 1 aliphatic rings. The van der Waals surface area contributed by atoms with Gasteiger partial charge in [-0.15, -0.1) is 0 Å². The molecule has 1 atom stereocenters. The van der Waals surface area contributed by atoms with Crippen molar-refractivity contribution in [2.24, 2.45) is 0 Å². The van der Waals surface area contributed by atoms with E-state index in [1.165, 1.54) is 0 Å². The number of amides is 1. The van der Waals surface area contributed by atoms with Gasteiger partial charge in [0.1, 0.15) is 0 Å². The van der Waals surface area contributed by atoms with Crippen LogP contribution in [0.5, 0.6) is 0 Å². The van der Waals surface area contributed by atoms with Crippen LogP contribution in [-0.4, -0.2) is 20.5 Å². The van der Waals surface area contributed by atoms with Crippen LogP contribution in [0.25, 0.3) is 0 Å². The highest BCUT2D eigenvalue weighted by molar-refractivity contribution is 6.80. The lowest BCUT2D eigenvalue weighted by Gasteiger charge is -2.22. The second-order valence-corrected chi connectivity index (χ2v) is 10.8. The van der Waals surface area contributed by atoms with Gasteiger partial charge in [-0.3, -0.25) is 15.2 Å². The largest absolute Gasteiger partial charge is 0.285 e. The Labute approximate surface area is 97.4 Å². The summed E-state index contributed by atoms with van der Waals surface area (Å²) in [5.41, 5.74) is 4.21. The van der Waals surface area contributed by atoms with Gasteiger partial charge in [0.25, 0.3) is 0 Å². The Morgan fingerprint density at radius 3 is 2.38 bits per heavy atom. The molecule has 4 heteroatoms. The van der Waals surface area contributed by atoms with Crippen LogP contribution in [0.4, 0.5) is 5.69 Å². The lowest BCUT2D eigenvalue weighted by Crippen LogP contribution is -2.34. The summed E-state index contributed by atoms with van der Waals surface area (Å²) in [6.07, 6.45) is 0. The molecular formula is C12H18N2OSi. The van der Waals surface area contributed by atoms with Gasteiger partial charge >= 0.3 is 0 Å². The monoisotopic (exact) mass is 234 g/mol. The predicted molar refractivity (Wildman–Crippen MR) is 69.0 cm³/mol. The van der Waals surface area contributed by atoms with Gasteiger partial charge < -0.3 is 0 Å². The highest BCUT2D eigenvalue weighted by Gasteiger charge is 2.40. The van der Waals surface area contributed by atoms with E-state index in [2.05, 4.69) is 25.1 Å². The fourth-order valence-corrected chi connectivity index (χ4v) is 3.55. The Bertz CT molecular complexity index is 386. The summed E-state index contributed by atoms with van der Waals surface area (Å²) in [4.78, 5) is 11.9. The van der Waals surface area contributed by atoms with E-state index >= 15 is 0 Å². The van der Waals surface area contributed by atoms with Crippen LogP contribution in [0.15, 0.2) is 30.3 Å². The van der Waals surface area contributed by atoms with Crippen molar-refractivity contribution in [2.75, 3.05) is 11.6 Å². The van der Waals surface area contributed by atoms with Crippen molar-refractivity contribution in [2.45, 2.75) is 25.2 Å². The molecule has 1 aliphatic heterocycles. The molecule has 0 radical (unpaired) electrons. The fraction of sp³-hybridized carbons (Fsp3) is 0.417. The van der Waals surface area contributed by atoms with Gasteiger partial charge in [-0.05, 0) is 12.1 Å². The summed E-state index contributed by atoms with van der Waals surface area (Å²) in [6, 6.07) is 10.0. The molecule has 1 aromatic rings. The number of nitrogens with zero attached hydrogens (tertiary/aromatic N) is 1. The number of carbonyl (C=O) groups excluding carboxylic acids is 1. The number of nitrogens with one attached hydrogen (secondary N) is 1. The Balaban J connectivity index is 2.16. The van der Waals surface area contributed by atoms with Crippen molar-refractivity contribution < 1.29 is 4.79 Å². The maximum Gasteiger partial charge on any atom is 0.240 e. The van der Waals surface area contributed by atoms with Gasteiger partial charge in [0, 0.05) is 6.54 Å². The summed E-state index contributed by atoms with van der Waals surface area (Å²) in [5, 5.41) is 1.96. The molecular weight excluding hydrogens is 216 g/mol. The number of hydrogen-bond donors (Lipinski definition) is 1. The zero-order valence-electron chi connectivity index (χ0n) is 10.0. The first-order valence-electron chi connectivity index (χ1n) is 5.61. The Morgan fingerprint density at radius 2 is 1.88 bits per heavy atom. The van der Waals surface area contributed by atoms with Gasteiger partial charge in [-0.25, -0.2) is 0 Å². The van der Waals surface area contributed by atoms with E-state index < -0.39 is 8.07 Å². The quantitative estimate of drug-likeness (QED) is 0.796. The molecule has 3 nitrogen and oxygen atoms in total. The predicted octanol–water partition coefficient (Wildman–Crippen LogP) is 2.25. The van der Waals surface area contributed by atoms with Crippen LogP contribution in [0, 0.1) is 0 Å². The summed E-state index contributed by atoms with van der Waals surface area (Å²) >= 11 is 0. The van der Waals surface area contributed by atoms with Crippen LogP contribution in [0.3, 0.4) is 0 Å². The molecule has 0 saturated carbocycles. The molecule has 1 unspecified atom stereocenters. The standard InChI is InChI=1S/C12H18N2OSi/c1-16(2,3)11-9-14(13-12(11)15)10-7-5-4-6-8-10/h4-8,11H,9H2,1-3H3,(H,13,15). The third-order valence-electron chi connectivity index (χ3n) is 3.04. The van der Waals surface area contributed by atoms with Crippen molar-refractivity contribution in [1.82, 2.24) is 5.43 Å². The lowest BCUT2D eigenvalue weighted by molar-refractivity contribution is -0.119. The van der Waals surface area contributed by atoms with Crippen molar-refractivity contribution in [3.05, 3.63) is 30.3 Å². The summed E-state index contributed by atoms with van der Waals surface area (Å²) in [7, 11) is -1.42. The molecule has 1 N–H and O–H groups in total. The molecule has 1 amide bonds. The molecule has 1 fully saturated rings.